The van der Waals surface area contributed by atoms with E-state index in [4.69, 9.17) is 29.6 Å². The number of hydrazone groups is 1. The van der Waals surface area contributed by atoms with Crippen molar-refractivity contribution < 1.29 is 0 Å². The number of hydrogen-bond donors (Lipinski definition) is 1. The van der Waals surface area contributed by atoms with Crippen molar-refractivity contribution in [3.8, 4) is 0 Å². The van der Waals surface area contributed by atoms with Crippen LogP contribution in [0.5, 0.6) is 0 Å². The van der Waals surface area contributed by atoms with Gasteiger partial charge < -0.3 is 5.73 Å². The molecule has 1 aromatic heterocycles. The van der Waals surface area contributed by atoms with E-state index in [2.05, 4.69) is 15.2 Å². The van der Waals surface area contributed by atoms with Gasteiger partial charge >= 0.3 is 0 Å². The summed E-state index contributed by atoms with van der Waals surface area (Å²) >= 11 is 12.5. The first kappa shape index (κ1) is 15.7. The van der Waals surface area contributed by atoms with Crippen LogP contribution in [-0.4, -0.2) is 44.4 Å². The Hall–Kier alpha value is -1.64. The molecule has 2 rings (SSSR count). The van der Waals surface area contributed by atoms with Crippen molar-refractivity contribution in [3.63, 3.8) is 0 Å². The highest BCUT2D eigenvalue weighted by atomic mass is 35.5. The van der Waals surface area contributed by atoms with E-state index < -0.39 is 0 Å². The van der Waals surface area contributed by atoms with E-state index >= 15 is 0 Å². The van der Waals surface area contributed by atoms with Gasteiger partial charge in [0.1, 0.15) is 0 Å². The van der Waals surface area contributed by atoms with E-state index in [1.807, 2.05) is 18.4 Å². The van der Waals surface area contributed by atoms with Crippen molar-refractivity contribution in [2.75, 3.05) is 19.0 Å². The number of nitrogens with two attached hydrogens (primary N) is 1. The van der Waals surface area contributed by atoms with Gasteiger partial charge in [0.25, 0.3) is 0 Å². The zero-order valence-electron chi connectivity index (χ0n) is 11.4. The van der Waals surface area contributed by atoms with Crippen LogP contribution in [0.3, 0.4) is 0 Å². The van der Waals surface area contributed by atoms with Crippen LogP contribution in [0.1, 0.15) is 5.56 Å². The van der Waals surface area contributed by atoms with Crippen LogP contribution in [0.15, 0.2) is 34.5 Å². The molecule has 6 nitrogen and oxygen atoms in total. The van der Waals surface area contributed by atoms with Crippen LogP contribution in [0.25, 0.3) is 0 Å². The lowest BCUT2D eigenvalue weighted by Gasteiger charge is -2.13. The maximum atomic E-state index is 5.83. The minimum Gasteiger partial charge on any atom is -0.368 e. The Bertz CT molecular complexity index is 667. The fourth-order valence-corrected chi connectivity index (χ4v) is 2.08. The zero-order chi connectivity index (χ0) is 15.4. The van der Waals surface area contributed by atoms with Gasteiger partial charge in [-0.3, -0.25) is 0 Å². The second-order valence-electron chi connectivity index (χ2n) is 3.97. The van der Waals surface area contributed by atoms with E-state index in [1.54, 1.807) is 25.4 Å². The molecule has 1 aromatic carbocycles. The largest absolute Gasteiger partial charge is 0.368 e. The van der Waals surface area contributed by atoms with Crippen LogP contribution in [0.4, 0.5) is 5.95 Å². The summed E-state index contributed by atoms with van der Waals surface area (Å²) in [7, 11) is 1.72. The molecule has 0 radical (unpaired) electrons. The van der Waals surface area contributed by atoms with Crippen molar-refractivity contribution in [2.45, 2.75) is 5.16 Å². The molecule has 21 heavy (non-hydrogen) atoms. The minimum absolute atomic E-state index is 0.234. The molecule has 0 aliphatic heterocycles. The summed E-state index contributed by atoms with van der Waals surface area (Å²) in [6.45, 7) is 0. The molecule has 9 heteroatoms. The molecule has 0 bridgehead atoms. The number of thioether (sulfide) groups is 1. The maximum absolute atomic E-state index is 5.83. The van der Waals surface area contributed by atoms with Crippen LogP contribution < -0.4 is 5.73 Å². The smallest absolute Gasteiger partial charge is 0.226 e. The third kappa shape index (κ3) is 3.93. The molecule has 0 unspecified atom stereocenters. The van der Waals surface area contributed by atoms with Gasteiger partial charge in [-0.05, 0) is 36.2 Å². The van der Waals surface area contributed by atoms with Gasteiger partial charge in [0.2, 0.25) is 16.2 Å². The average Bonchev–Trinajstić information content (AvgIpc) is 2.86. The number of rotatable bonds is 3. The SMILES string of the molecule is CSc1nc(N)n(C(=S)N(C)/N=C/c2ccc(Cl)cc2)n1. The summed E-state index contributed by atoms with van der Waals surface area (Å²) in [6, 6.07) is 7.31. The summed E-state index contributed by atoms with van der Waals surface area (Å²) in [5, 5.41) is 11.5. The molecule has 2 aromatic rings. The fourth-order valence-electron chi connectivity index (χ4n) is 1.42. The molecule has 0 amide bonds. The molecule has 0 fully saturated rings. The highest BCUT2D eigenvalue weighted by Crippen LogP contribution is 2.12. The van der Waals surface area contributed by atoms with Crippen molar-refractivity contribution in [3.05, 3.63) is 34.9 Å². The Kier molecular flexibility index (Phi) is 5.16. The molecule has 0 aliphatic carbocycles. The van der Waals surface area contributed by atoms with Gasteiger partial charge in [-0.2, -0.15) is 14.8 Å². The fraction of sp³-hybridized carbons (Fsp3) is 0.167. The Balaban J connectivity index is 2.11. The number of nitrogens with zero attached hydrogens (tertiary/aromatic N) is 5. The summed E-state index contributed by atoms with van der Waals surface area (Å²) in [4.78, 5) is 4.07. The topological polar surface area (TPSA) is 72.3 Å². The summed E-state index contributed by atoms with van der Waals surface area (Å²) in [5.74, 6) is 0.234. The highest BCUT2D eigenvalue weighted by Gasteiger charge is 2.13. The number of nitrogen functional groups attached to an aromatic ring is 1. The molecule has 1 heterocycles. The Morgan fingerprint density at radius 1 is 1.48 bits per heavy atom. The second-order valence-corrected chi connectivity index (χ2v) is 5.55. The Labute approximate surface area is 137 Å². The summed E-state index contributed by atoms with van der Waals surface area (Å²) < 4.78 is 1.38. The third-order valence-corrected chi connectivity index (χ3v) is 3.73. The van der Waals surface area contributed by atoms with Crippen molar-refractivity contribution in [2.24, 2.45) is 5.10 Å². The van der Waals surface area contributed by atoms with E-state index in [1.165, 1.54) is 21.5 Å². The van der Waals surface area contributed by atoms with Gasteiger partial charge in [0.05, 0.1) is 6.21 Å². The monoisotopic (exact) mass is 340 g/mol. The van der Waals surface area contributed by atoms with E-state index in [0.717, 1.165) is 5.56 Å². The number of aromatic nitrogens is 3. The van der Waals surface area contributed by atoms with Crippen LogP contribution in [0, 0.1) is 0 Å². The van der Waals surface area contributed by atoms with E-state index in [-0.39, 0.29) is 5.95 Å². The maximum Gasteiger partial charge on any atom is 0.226 e. The van der Waals surface area contributed by atoms with Gasteiger partial charge in [-0.15, -0.1) is 5.10 Å². The number of hydrogen-bond acceptors (Lipinski definition) is 6. The van der Waals surface area contributed by atoms with Crippen molar-refractivity contribution in [1.82, 2.24) is 19.8 Å². The quantitative estimate of drug-likeness (QED) is 0.400. The third-order valence-electron chi connectivity index (χ3n) is 2.50. The van der Waals surface area contributed by atoms with Crippen LogP contribution >= 0.6 is 35.6 Å². The molecule has 0 spiro atoms. The summed E-state index contributed by atoms with van der Waals surface area (Å²) in [5.41, 5.74) is 6.68. The van der Waals surface area contributed by atoms with Crippen LogP contribution in [0.2, 0.25) is 5.02 Å². The second kappa shape index (κ2) is 6.88. The first-order valence-electron chi connectivity index (χ1n) is 5.85. The standard InChI is InChI=1S/C12H13ClN6S2/c1-18(15-7-8-3-5-9(13)6-4-8)12(20)19-10(14)16-11(17-19)21-2/h3-7H,1-2H3,(H2,14,16,17)/b15-7+. The van der Waals surface area contributed by atoms with Crippen molar-refractivity contribution in [1.29, 1.82) is 0 Å². The molecule has 0 saturated carbocycles. The molecule has 0 aliphatic rings. The Morgan fingerprint density at radius 2 is 2.14 bits per heavy atom. The minimum atomic E-state index is 0.234. The molecule has 0 saturated heterocycles. The van der Waals surface area contributed by atoms with Gasteiger partial charge in [-0.25, -0.2) is 5.01 Å². The number of anilines is 1. The number of halogens is 1. The molecule has 2 N–H and O–H groups in total. The molecule has 0 atom stereocenters. The predicted molar refractivity (Wildman–Crippen MR) is 91.0 cm³/mol. The Morgan fingerprint density at radius 3 is 2.71 bits per heavy atom. The van der Waals surface area contributed by atoms with Gasteiger partial charge in [0.15, 0.2) is 0 Å². The number of benzene rings is 1. The highest BCUT2D eigenvalue weighted by molar-refractivity contribution is 7.98. The lowest BCUT2D eigenvalue weighted by Crippen LogP contribution is -2.28. The lowest BCUT2D eigenvalue weighted by molar-refractivity contribution is 0.530. The lowest BCUT2D eigenvalue weighted by atomic mass is 10.2. The van der Waals surface area contributed by atoms with Gasteiger partial charge in [-0.1, -0.05) is 35.5 Å². The summed E-state index contributed by atoms with van der Waals surface area (Å²) in [6.07, 6.45) is 3.54. The van der Waals surface area contributed by atoms with E-state index in [0.29, 0.717) is 15.3 Å². The first-order chi connectivity index (χ1) is 10.0. The van der Waals surface area contributed by atoms with Crippen LogP contribution in [-0.2, 0) is 0 Å². The normalized spacial score (nSPS) is 11.0. The van der Waals surface area contributed by atoms with E-state index in [9.17, 15) is 0 Å². The average molecular weight is 341 g/mol. The molecular weight excluding hydrogens is 328 g/mol. The predicted octanol–water partition coefficient (Wildman–Crippen LogP) is 2.33. The molecule has 110 valence electrons. The zero-order valence-corrected chi connectivity index (χ0v) is 13.8. The van der Waals surface area contributed by atoms with Gasteiger partial charge in [0, 0.05) is 12.1 Å². The molecular formula is C12H13ClN6S2. The first-order valence-corrected chi connectivity index (χ1v) is 7.86. The van der Waals surface area contributed by atoms with Crippen molar-refractivity contribution >= 4 is 52.9 Å². The number of thiocarbonyl (C=S) groups is 1.